The summed E-state index contributed by atoms with van der Waals surface area (Å²) < 4.78 is 0. The van der Waals surface area contributed by atoms with E-state index in [2.05, 4.69) is 27.3 Å². The zero-order valence-corrected chi connectivity index (χ0v) is 12.7. The highest BCUT2D eigenvalue weighted by Gasteiger charge is 2.10. The summed E-state index contributed by atoms with van der Waals surface area (Å²) in [5.74, 6) is -0.139. The van der Waals surface area contributed by atoms with E-state index in [1.54, 1.807) is 6.20 Å². The highest BCUT2D eigenvalue weighted by atomic mass is 16.1. The fourth-order valence-corrected chi connectivity index (χ4v) is 2.07. The number of nitrogens with one attached hydrogen (secondary N) is 1. The van der Waals surface area contributed by atoms with Crippen molar-refractivity contribution in [1.29, 1.82) is 0 Å². The summed E-state index contributed by atoms with van der Waals surface area (Å²) in [7, 11) is 2.01. The van der Waals surface area contributed by atoms with Gasteiger partial charge in [0.15, 0.2) is 0 Å². The van der Waals surface area contributed by atoms with Gasteiger partial charge in [0, 0.05) is 31.5 Å². The van der Waals surface area contributed by atoms with Gasteiger partial charge in [0.05, 0.1) is 0 Å². The predicted molar refractivity (Wildman–Crippen MR) is 85.4 cm³/mol. The number of amides is 1. The molecule has 0 atom stereocenters. The van der Waals surface area contributed by atoms with Crippen molar-refractivity contribution < 1.29 is 4.79 Å². The highest BCUT2D eigenvalue weighted by Crippen LogP contribution is 2.16. The first-order valence-corrected chi connectivity index (χ1v) is 7.08. The molecule has 0 saturated heterocycles. The number of anilines is 1. The molecular weight excluding hydrogens is 262 g/mol. The summed E-state index contributed by atoms with van der Waals surface area (Å²) in [6.45, 7) is 4.66. The second-order valence-electron chi connectivity index (χ2n) is 5.37. The van der Waals surface area contributed by atoms with Crippen LogP contribution in [0.15, 0.2) is 48.7 Å². The molecule has 0 bridgehead atoms. The van der Waals surface area contributed by atoms with Crippen molar-refractivity contribution in [3.63, 3.8) is 0 Å². The molecule has 0 saturated carbocycles. The molecular formula is C17H21N3O. The van der Waals surface area contributed by atoms with Gasteiger partial charge < -0.3 is 10.2 Å². The molecule has 1 aromatic carbocycles. The summed E-state index contributed by atoms with van der Waals surface area (Å²) in [6, 6.07) is 14.1. The van der Waals surface area contributed by atoms with Crippen molar-refractivity contribution in [2.24, 2.45) is 0 Å². The van der Waals surface area contributed by atoms with Gasteiger partial charge in [-0.2, -0.15) is 0 Å². The van der Waals surface area contributed by atoms with E-state index in [1.165, 1.54) is 5.56 Å². The van der Waals surface area contributed by atoms with Gasteiger partial charge in [-0.15, -0.1) is 0 Å². The van der Waals surface area contributed by atoms with Crippen molar-refractivity contribution in [2.45, 2.75) is 26.4 Å². The smallest absolute Gasteiger partial charge is 0.270 e. The fourth-order valence-electron chi connectivity index (χ4n) is 2.07. The summed E-state index contributed by atoms with van der Waals surface area (Å²) in [4.78, 5) is 18.2. The van der Waals surface area contributed by atoms with Gasteiger partial charge in [0.25, 0.3) is 5.91 Å². The van der Waals surface area contributed by atoms with Crippen LogP contribution in [0.5, 0.6) is 0 Å². The molecule has 0 unspecified atom stereocenters. The highest BCUT2D eigenvalue weighted by molar-refractivity contribution is 5.93. The molecule has 1 amide bonds. The molecule has 2 rings (SSSR count). The molecule has 0 spiro atoms. The summed E-state index contributed by atoms with van der Waals surface area (Å²) >= 11 is 0. The van der Waals surface area contributed by atoms with Gasteiger partial charge in [0.1, 0.15) is 5.69 Å². The molecule has 1 heterocycles. The quantitative estimate of drug-likeness (QED) is 0.917. The lowest BCUT2D eigenvalue weighted by Crippen LogP contribution is -2.31. The Morgan fingerprint density at radius 3 is 2.62 bits per heavy atom. The monoisotopic (exact) mass is 283 g/mol. The van der Waals surface area contributed by atoms with Gasteiger partial charge in [0.2, 0.25) is 0 Å². The van der Waals surface area contributed by atoms with Gasteiger partial charge in [-0.1, -0.05) is 30.3 Å². The maximum Gasteiger partial charge on any atom is 0.270 e. The summed E-state index contributed by atoms with van der Waals surface area (Å²) in [5.41, 5.74) is 2.65. The van der Waals surface area contributed by atoms with Crippen LogP contribution in [0.3, 0.4) is 0 Å². The van der Waals surface area contributed by atoms with E-state index >= 15 is 0 Å². The second-order valence-corrected chi connectivity index (χ2v) is 5.37. The van der Waals surface area contributed by atoms with Crippen LogP contribution >= 0.6 is 0 Å². The number of rotatable bonds is 5. The predicted octanol–water partition coefficient (Wildman–Crippen LogP) is 2.86. The molecule has 4 nitrogen and oxygen atoms in total. The van der Waals surface area contributed by atoms with Crippen LogP contribution in [-0.4, -0.2) is 24.0 Å². The van der Waals surface area contributed by atoms with E-state index in [9.17, 15) is 4.79 Å². The lowest BCUT2D eigenvalue weighted by atomic mass is 10.2. The molecule has 2 aromatic rings. The fraction of sp³-hybridized carbons (Fsp3) is 0.294. The van der Waals surface area contributed by atoms with Gasteiger partial charge in [-0.25, -0.2) is 0 Å². The Morgan fingerprint density at radius 2 is 1.95 bits per heavy atom. The molecule has 0 aliphatic heterocycles. The number of hydrogen-bond acceptors (Lipinski definition) is 3. The van der Waals surface area contributed by atoms with Gasteiger partial charge in [-0.3, -0.25) is 9.78 Å². The van der Waals surface area contributed by atoms with Crippen molar-refractivity contribution in [2.75, 3.05) is 11.9 Å². The molecule has 110 valence electrons. The minimum absolute atomic E-state index is 0.102. The van der Waals surface area contributed by atoms with E-state index < -0.39 is 0 Å². The number of hydrogen-bond donors (Lipinski definition) is 1. The van der Waals surface area contributed by atoms with Crippen LogP contribution < -0.4 is 10.2 Å². The third-order valence-corrected chi connectivity index (χ3v) is 3.10. The van der Waals surface area contributed by atoms with Crippen LogP contribution in [0, 0.1) is 0 Å². The van der Waals surface area contributed by atoms with E-state index in [4.69, 9.17) is 0 Å². The van der Waals surface area contributed by atoms with Gasteiger partial charge >= 0.3 is 0 Å². The standard InChI is InChI=1S/C17H21N3O/c1-13(2)19-17(21)16-11-15(9-10-18-16)20(3)12-14-7-5-4-6-8-14/h4-11,13H,12H2,1-3H3,(H,19,21). The van der Waals surface area contributed by atoms with E-state index in [0.717, 1.165) is 12.2 Å². The average molecular weight is 283 g/mol. The van der Waals surface area contributed by atoms with Crippen LogP contribution in [-0.2, 0) is 6.54 Å². The maximum absolute atomic E-state index is 12.0. The normalized spacial score (nSPS) is 10.5. The zero-order valence-electron chi connectivity index (χ0n) is 12.7. The molecule has 1 aromatic heterocycles. The van der Waals surface area contributed by atoms with Crippen molar-refractivity contribution >= 4 is 11.6 Å². The van der Waals surface area contributed by atoms with Crippen LogP contribution in [0.2, 0.25) is 0 Å². The Hall–Kier alpha value is -2.36. The van der Waals surface area contributed by atoms with Crippen LogP contribution in [0.4, 0.5) is 5.69 Å². The SMILES string of the molecule is CC(C)NC(=O)c1cc(N(C)Cc2ccccc2)ccn1. The molecule has 4 heteroatoms. The molecule has 0 fully saturated rings. The Balaban J connectivity index is 2.11. The molecule has 21 heavy (non-hydrogen) atoms. The third-order valence-electron chi connectivity index (χ3n) is 3.10. The first kappa shape index (κ1) is 15.0. The molecule has 1 N–H and O–H groups in total. The summed E-state index contributed by atoms with van der Waals surface area (Å²) in [6.07, 6.45) is 1.67. The van der Waals surface area contributed by atoms with Crippen LogP contribution in [0.1, 0.15) is 29.9 Å². The molecule has 0 aliphatic rings. The molecule has 0 aliphatic carbocycles. The van der Waals surface area contributed by atoms with E-state index in [1.807, 2.05) is 51.2 Å². The number of nitrogens with zero attached hydrogens (tertiary/aromatic N) is 2. The largest absolute Gasteiger partial charge is 0.370 e. The number of carbonyl (C=O) groups excluding carboxylic acids is 1. The van der Waals surface area contributed by atoms with Crippen molar-refractivity contribution in [3.8, 4) is 0 Å². The lowest BCUT2D eigenvalue weighted by Gasteiger charge is -2.20. The van der Waals surface area contributed by atoms with Crippen molar-refractivity contribution in [3.05, 3.63) is 59.9 Å². The maximum atomic E-state index is 12.0. The third kappa shape index (κ3) is 4.31. The average Bonchev–Trinajstić information content (AvgIpc) is 2.47. The topological polar surface area (TPSA) is 45.2 Å². The minimum Gasteiger partial charge on any atom is -0.370 e. The van der Waals surface area contributed by atoms with Crippen molar-refractivity contribution in [1.82, 2.24) is 10.3 Å². The minimum atomic E-state index is -0.139. The number of pyridine rings is 1. The second kappa shape index (κ2) is 6.88. The van der Waals surface area contributed by atoms with E-state index in [0.29, 0.717) is 5.69 Å². The Kier molecular flexibility index (Phi) is 4.93. The van der Waals surface area contributed by atoms with Crippen LogP contribution in [0.25, 0.3) is 0 Å². The van der Waals surface area contributed by atoms with Gasteiger partial charge in [-0.05, 0) is 31.5 Å². The number of aromatic nitrogens is 1. The Labute approximate surface area is 125 Å². The first-order valence-electron chi connectivity index (χ1n) is 7.08. The number of benzene rings is 1. The summed E-state index contributed by atoms with van der Waals surface area (Å²) in [5, 5.41) is 2.85. The molecule has 0 radical (unpaired) electrons. The Bertz CT molecular complexity index is 596. The Morgan fingerprint density at radius 1 is 1.24 bits per heavy atom. The zero-order chi connectivity index (χ0) is 15.2. The first-order chi connectivity index (χ1) is 10.1. The van der Waals surface area contributed by atoms with E-state index in [-0.39, 0.29) is 11.9 Å². The lowest BCUT2D eigenvalue weighted by molar-refractivity contribution is 0.0938. The number of carbonyl (C=O) groups is 1.